The van der Waals surface area contributed by atoms with Crippen LogP contribution in [-0.4, -0.2) is 36.5 Å². The van der Waals surface area contributed by atoms with Crippen LogP contribution < -0.4 is 10.7 Å². The molecule has 8 nitrogen and oxygen atoms in total. The second-order valence-electron chi connectivity index (χ2n) is 3.75. The summed E-state index contributed by atoms with van der Waals surface area (Å²) in [5, 5.41) is 24.7. The molecule has 4 atom stereocenters. The van der Waals surface area contributed by atoms with Crippen molar-refractivity contribution in [3.05, 3.63) is 10.4 Å². The smallest absolute Gasteiger partial charge is 0.0984 e. The van der Waals surface area contributed by atoms with E-state index in [0.29, 0.717) is 0 Å². The quantitative estimate of drug-likeness (QED) is 0.497. The monoisotopic (exact) mass is 220 g/mol. The maximum Gasteiger partial charge on any atom is 0.0984 e. The second-order valence-corrected chi connectivity index (χ2v) is 3.75. The van der Waals surface area contributed by atoms with Gasteiger partial charge in [0.15, 0.2) is 0 Å². The Labute approximate surface area is 87.5 Å². The minimum absolute atomic E-state index is 0.0848. The summed E-state index contributed by atoms with van der Waals surface area (Å²) < 4.78 is 0. The van der Waals surface area contributed by atoms with Gasteiger partial charge in [0, 0.05) is 0 Å². The van der Waals surface area contributed by atoms with Gasteiger partial charge in [0.2, 0.25) is 0 Å². The van der Waals surface area contributed by atoms with Crippen molar-refractivity contribution in [3.8, 4) is 0 Å². The van der Waals surface area contributed by atoms with Gasteiger partial charge in [-0.3, -0.25) is 0 Å². The van der Waals surface area contributed by atoms with E-state index in [4.69, 9.17) is 0 Å². The zero-order valence-electron chi connectivity index (χ0n) is 8.80. The van der Waals surface area contributed by atoms with Gasteiger partial charge in [-0.25, -0.2) is 0 Å². The first kappa shape index (κ1) is 11.2. The molecule has 2 N–H and O–H groups in total. The molecular weight excluding hydrogens is 204 g/mol. The number of quaternary nitrogens is 2. The number of rotatable bonds is 4. The maximum absolute atomic E-state index is 11.5. The van der Waals surface area contributed by atoms with Gasteiger partial charge in [0.25, 0.3) is 0 Å². The van der Waals surface area contributed by atoms with E-state index >= 15 is 0 Å². The molecule has 2 rings (SSSR count). The highest BCUT2D eigenvalue weighted by atomic mass is 17.0. The van der Waals surface area contributed by atoms with Gasteiger partial charge < -0.3 is 10.4 Å². The lowest BCUT2D eigenvalue weighted by Crippen LogP contribution is -3.25. The predicted molar refractivity (Wildman–Crippen MR) is 47.8 cm³/mol. The Morgan fingerprint density at radius 1 is 1.00 bits per heavy atom. The van der Waals surface area contributed by atoms with Crippen LogP contribution in [0.25, 0.3) is 0 Å². The molecule has 0 aromatic rings. The van der Waals surface area contributed by atoms with Crippen LogP contribution in [0.5, 0.6) is 0 Å². The molecule has 0 amide bonds. The van der Waals surface area contributed by atoms with Gasteiger partial charge in [-0.2, -0.15) is 9.68 Å². The van der Waals surface area contributed by atoms with Crippen molar-refractivity contribution >= 4 is 0 Å². The number of hydrazine groups is 1. The van der Waals surface area contributed by atoms with Crippen LogP contribution in [0.4, 0.5) is 0 Å². The van der Waals surface area contributed by atoms with E-state index in [0.717, 1.165) is 19.3 Å². The molecule has 0 aromatic carbocycles. The van der Waals surface area contributed by atoms with Crippen LogP contribution in [0.2, 0.25) is 0 Å². The summed E-state index contributed by atoms with van der Waals surface area (Å²) in [4.78, 5) is 9.30. The normalized spacial score (nSPS) is 36.0. The highest BCUT2D eigenvalue weighted by Crippen LogP contribution is 2.32. The lowest BCUT2D eigenvalue weighted by atomic mass is 10.3. The summed E-state index contributed by atoms with van der Waals surface area (Å²) >= 11 is 0. The molecular formula is C7H16N4O4. The second kappa shape index (κ2) is 4.28. The maximum atomic E-state index is 11.5. The topological polar surface area (TPSA) is 79.9 Å². The Morgan fingerprint density at radius 3 is 1.73 bits per heavy atom. The summed E-state index contributed by atoms with van der Waals surface area (Å²) in [6.45, 7) is 0. The van der Waals surface area contributed by atoms with E-state index in [1.807, 2.05) is 0 Å². The number of fused-ring (bicyclic) bond motifs is 2. The standard InChI is InChI=1S/C7H16N4O4/c1-14-10(12)8-6-3-4-7(5-6)9(8)11(13)15-2/h6-7,10-11H,3-5H2,1-2H3. The average Bonchev–Trinajstić information content (AvgIpc) is 2.86. The fourth-order valence-corrected chi connectivity index (χ4v) is 2.39. The Morgan fingerprint density at radius 2 is 1.40 bits per heavy atom. The largest absolute Gasteiger partial charge is 0.578 e. The number of nitrogens with zero attached hydrogens (tertiary/aromatic N) is 2. The summed E-state index contributed by atoms with van der Waals surface area (Å²) in [6, 6.07) is 0.170. The van der Waals surface area contributed by atoms with E-state index in [2.05, 4.69) is 9.68 Å². The molecule has 8 heteroatoms. The molecule has 1 aliphatic carbocycles. The van der Waals surface area contributed by atoms with Crippen molar-refractivity contribution in [2.75, 3.05) is 14.2 Å². The zero-order valence-corrected chi connectivity index (χ0v) is 8.80. The highest BCUT2D eigenvalue weighted by molar-refractivity contribution is 4.88. The fourth-order valence-electron chi connectivity index (χ4n) is 2.39. The number of nitrogens with one attached hydrogen (secondary N) is 2. The molecule has 1 aliphatic heterocycles. The SMILES string of the molecule is CO[NH+]([O-])N1C2CCC(C2)N1[NH+]([O-])OC. The molecule has 0 spiro atoms. The number of hydrogen-bond acceptors (Lipinski definition) is 6. The van der Waals surface area contributed by atoms with Crippen molar-refractivity contribution in [2.24, 2.45) is 0 Å². The molecule has 4 unspecified atom stereocenters. The first-order valence-electron chi connectivity index (χ1n) is 4.93. The van der Waals surface area contributed by atoms with Gasteiger partial charge >= 0.3 is 0 Å². The molecule has 0 radical (unpaired) electrons. The van der Waals surface area contributed by atoms with Crippen LogP contribution in [0, 0.1) is 10.4 Å². The third kappa shape index (κ3) is 1.75. The van der Waals surface area contributed by atoms with E-state index in [1.165, 1.54) is 24.5 Å². The Kier molecular flexibility index (Phi) is 3.19. The summed E-state index contributed by atoms with van der Waals surface area (Å²) in [6.07, 6.45) is 2.67. The van der Waals surface area contributed by atoms with Crippen molar-refractivity contribution in [3.63, 3.8) is 0 Å². The van der Waals surface area contributed by atoms with E-state index < -0.39 is 10.7 Å². The molecule has 1 saturated heterocycles. The minimum atomic E-state index is -0.493. The van der Waals surface area contributed by atoms with Gasteiger partial charge in [-0.1, -0.05) is 0 Å². The van der Waals surface area contributed by atoms with Crippen molar-refractivity contribution in [2.45, 2.75) is 31.3 Å². The minimum Gasteiger partial charge on any atom is -0.578 e. The predicted octanol–water partition coefficient (Wildman–Crippen LogP) is -2.84. The lowest BCUT2D eigenvalue weighted by Gasteiger charge is -2.41. The van der Waals surface area contributed by atoms with Gasteiger partial charge in [-0.15, -0.1) is 10.7 Å². The van der Waals surface area contributed by atoms with Gasteiger partial charge in [0.1, 0.15) is 0 Å². The molecule has 15 heavy (non-hydrogen) atoms. The molecule has 2 bridgehead atoms. The fraction of sp³-hybridized carbons (Fsp3) is 1.00. The van der Waals surface area contributed by atoms with Crippen LogP contribution in [0.1, 0.15) is 19.3 Å². The Balaban J connectivity index is 2.12. The van der Waals surface area contributed by atoms with E-state index in [9.17, 15) is 10.4 Å². The van der Waals surface area contributed by atoms with Gasteiger partial charge in [-0.05, 0) is 29.5 Å². The third-order valence-corrected chi connectivity index (χ3v) is 3.02. The Bertz CT molecular complexity index is 209. The third-order valence-electron chi connectivity index (χ3n) is 3.02. The van der Waals surface area contributed by atoms with Crippen LogP contribution in [-0.2, 0) is 9.68 Å². The lowest BCUT2D eigenvalue weighted by molar-refractivity contribution is -1.25. The van der Waals surface area contributed by atoms with Crippen LogP contribution >= 0.6 is 0 Å². The number of hydrogen-bond donors (Lipinski definition) is 2. The van der Waals surface area contributed by atoms with E-state index in [1.54, 1.807) is 0 Å². The molecule has 2 aliphatic rings. The molecule has 2 fully saturated rings. The van der Waals surface area contributed by atoms with Crippen LogP contribution in [0.3, 0.4) is 0 Å². The van der Waals surface area contributed by atoms with Crippen LogP contribution in [0.15, 0.2) is 0 Å². The average molecular weight is 220 g/mol. The first-order valence-corrected chi connectivity index (χ1v) is 4.93. The van der Waals surface area contributed by atoms with Crippen molar-refractivity contribution in [1.29, 1.82) is 0 Å². The summed E-state index contributed by atoms with van der Waals surface area (Å²) in [5.41, 5.74) is 0. The van der Waals surface area contributed by atoms with E-state index in [-0.39, 0.29) is 12.1 Å². The summed E-state index contributed by atoms with van der Waals surface area (Å²) in [5.74, 6) is 0. The molecule has 1 saturated carbocycles. The van der Waals surface area contributed by atoms with Gasteiger partial charge in [0.05, 0.1) is 26.3 Å². The molecule has 0 aromatic heterocycles. The zero-order chi connectivity index (χ0) is 11.0. The molecule has 1 heterocycles. The van der Waals surface area contributed by atoms with Crippen molar-refractivity contribution < 1.29 is 20.3 Å². The molecule has 88 valence electrons. The first-order chi connectivity index (χ1) is 7.19. The van der Waals surface area contributed by atoms with Crippen molar-refractivity contribution in [1.82, 2.24) is 10.2 Å². The Hall–Kier alpha value is -0.320. The summed E-state index contributed by atoms with van der Waals surface area (Å²) in [7, 11) is 2.62. The highest BCUT2D eigenvalue weighted by Gasteiger charge is 2.53.